The molecule has 0 bridgehead atoms. The van der Waals surface area contributed by atoms with E-state index >= 15 is 0 Å². The molecule has 3 heteroatoms. The molecule has 0 saturated carbocycles. The number of fused-ring (bicyclic) bond motifs is 2. The van der Waals surface area contributed by atoms with Gasteiger partial charge in [0, 0.05) is 0 Å². The first-order chi connectivity index (χ1) is 9.88. The summed E-state index contributed by atoms with van der Waals surface area (Å²) in [5.74, 6) is 0. The van der Waals surface area contributed by atoms with Crippen molar-refractivity contribution in [1.82, 2.24) is 0 Å². The third-order valence-electron chi connectivity index (χ3n) is 4.06. The molecule has 0 saturated heterocycles. The molecule has 114 valence electrons. The molecule has 0 spiro atoms. The predicted octanol–water partition coefficient (Wildman–Crippen LogP) is -0.778. The summed E-state index contributed by atoms with van der Waals surface area (Å²) in [5, 5.41) is 5.43. The Hall–Kier alpha value is -0.497. The van der Waals surface area contributed by atoms with Gasteiger partial charge in [-0.1, -0.05) is 12.1 Å². The van der Waals surface area contributed by atoms with E-state index in [1.807, 2.05) is 0 Å². The monoisotopic (exact) mass is 504 g/mol. The Morgan fingerprint density at radius 2 is 1.00 bits per heavy atom. The van der Waals surface area contributed by atoms with E-state index in [0.29, 0.717) is 0 Å². The molecule has 0 heterocycles. The minimum absolute atomic E-state index is 0. The molecule has 0 aliphatic carbocycles. The Kier molecular flexibility index (Phi) is 8.14. The van der Waals surface area contributed by atoms with Gasteiger partial charge in [0.15, 0.2) is 0 Å². The van der Waals surface area contributed by atoms with E-state index in [4.69, 9.17) is 0 Å². The van der Waals surface area contributed by atoms with Gasteiger partial charge in [0.1, 0.15) is 0 Å². The van der Waals surface area contributed by atoms with Crippen LogP contribution in [0.25, 0.3) is 21.5 Å². The molecule has 4 aromatic rings. The second-order valence-corrected chi connectivity index (χ2v) is 5.49. The Morgan fingerprint density at radius 3 is 1.39 bits per heavy atom. The van der Waals surface area contributed by atoms with Crippen LogP contribution in [0.2, 0.25) is 0 Å². The van der Waals surface area contributed by atoms with E-state index < -0.39 is 0 Å². The van der Waals surface area contributed by atoms with Crippen LogP contribution in [-0.4, -0.2) is 0 Å². The Balaban J connectivity index is 0.000000882. The molecule has 23 heavy (non-hydrogen) atoms. The maximum absolute atomic E-state index is 2.32. The van der Waals surface area contributed by atoms with Gasteiger partial charge in [-0.2, -0.15) is 12.1 Å². The van der Waals surface area contributed by atoms with Crippen LogP contribution >= 0.6 is 0 Å². The number of benzene rings is 2. The number of halogens is 2. The van der Waals surface area contributed by atoms with E-state index in [0.717, 1.165) is 12.8 Å². The fraction of sp³-hybridized carbons (Fsp3) is 0.100. The molecule has 0 aliphatic heterocycles. The zero-order chi connectivity index (χ0) is 13.4. The smallest absolute Gasteiger partial charge is 1.00 e. The molecule has 0 fully saturated rings. The Bertz CT molecular complexity index is 733. The topological polar surface area (TPSA) is 0 Å². The summed E-state index contributed by atoms with van der Waals surface area (Å²) < 4.78 is 0. The van der Waals surface area contributed by atoms with E-state index in [1.54, 1.807) is 0 Å². The van der Waals surface area contributed by atoms with Crippen molar-refractivity contribution in [1.29, 1.82) is 0 Å². The summed E-state index contributed by atoms with van der Waals surface area (Å²) >= 11 is 0. The van der Waals surface area contributed by atoms with Crippen molar-refractivity contribution in [2.75, 3.05) is 0 Å². The minimum Gasteiger partial charge on any atom is -1.00 e. The molecule has 0 atom stereocenters. The first-order valence-electron chi connectivity index (χ1n) is 7.17. The normalized spacial score (nSPS) is 9.91. The summed E-state index contributed by atoms with van der Waals surface area (Å²) in [6, 6.07) is 26.5. The standard InChI is InChI=1S/C20H16.2BrH.Zr/c1-2-6-18-12-15(11-17(18)5-1)9-10-16-13-19-7-3-4-8-20(19)14-16;;;/h1-8,11-14H,9-10H2;2*1H;/q-2;;;+4/p-2. The van der Waals surface area contributed by atoms with Crippen LogP contribution in [-0.2, 0) is 39.0 Å². The fourth-order valence-electron chi connectivity index (χ4n) is 3.01. The van der Waals surface area contributed by atoms with E-state index in [2.05, 4.69) is 72.8 Å². The summed E-state index contributed by atoms with van der Waals surface area (Å²) in [5.41, 5.74) is 2.88. The van der Waals surface area contributed by atoms with Gasteiger partial charge in [-0.15, -0.1) is 81.2 Å². The minimum atomic E-state index is 0. The zero-order valence-electron chi connectivity index (χ0n) is 12.6. The van der Waals surface area contributed by atoms with Gasteiger partial charge >= 0.3 is 26.2 Å². The largest absolute Gasteiger partial charge is 4.00 e. The van der Waals surface area contributed by atoms with E-state index in [1.165, 1.54) is 32.7 Å². The second-order valence-electron chi connectivity index (χ2n) is 5.49. The molecule has 0 unspecified atom stereocenters. The third-order valence-corrected chi connectivity index (χ3v) is 4.06. The van der Waals surface area contributed by atoms with Gasteiger partial charge in [-0.05, 0) is 12.8 Å². The van der Waals surface area contributed by atoms with Gasteiger partial charge in [0.05, 0.1) is 0 Å². The predicted molar refractivity (Wildman–Crippen MR) is 86.5 cm³/mol. The van der Waals surface area contributed by atoms with Crippen molar-refractivity contribution in [2.24, 2.45) is 0 Å². The first kappa shape index (κ1) is 20.5. The number of rotatable bonds is 3. The van der Waals surface area contributed by atoms with Crippen LogP contribution in [0.15, 0.2) is 72.8 Å². The van der Waals surface area contributed by atoms with Crippen molar-refractivity contribution in [3.05, 3.63) is 83.9 Å². The van der Waals surface area contributed by atoms with Crippen LogP contribution in [0.3, 0.4) is 0 Å². The summed E-state index contributed by atoms with van der Waals surface area (Å²) in [7, 11) is 0. The summed E-state index contributed by atoms with van der Waals surface area (Å²) in [4.78, 5) is 0. The molecule has 0 nitrogen and oxygen atoms in total. The van der Waals surface area contributed by atoms with Crippen LogP contribution < -0.4 is 34.0 Å². The van der Waals surface area contributed by atoms with Gasteiger partial charge in [-0.25, -0.2) is 0 Å². The molecule has 0 amide bonds. The molecule has 4 rings (SSSR count). The van der Waals surface area contributed by atoms with Crippen molar-refractivity contribution in [3.8, 4) is 0 Å². The van der Waals surface area contributed by atoms with Crippen LogP contribution in [0.1, 0.15) is 11.1 Å². The average Bonchev–Trinajstić information content (AvgIpc) is 3.07. The average molecular weight is 507 g/mol. The molecular formula is C20H16Br2Zr. The van der Waals surface area contributed by atoms with Crippen molar-refractivity contribution in [3.63, 3.8) is 0 Å². The quantitative estimate of drug-likeness (QED) is 0.320. The Labute approximate surface area is 177 Å². The van der Waals surface area contributed by atoms with Gasteiger partial charge < -0.3 is 34.0 Å². The zero-order valence-corrected chi connectivity index (χ0v) is 18.2. The molecule has 0 radical (unpaired) electrons. The SMILES string of the molecule is [Br-].[Br-].[Zr+4].c1ccc2[cH-]c(CCc3cc4ccccc4[cH-]3)cc2c1. The van der Waals surface area contributed by atoms with Gasteiger partial charge in [-0.3, -0.25) is 0 Å². The summed E-state index contributed by atoms with van der Waals surface area (Å²) in [6.07, 6.45) is 2.23. The summed E-state index contributed by atoms with van der Waals surface area (Å²) in [6.45, 7) is 0. The van der Waals surface area contributed by atoms with E-state index in [-0.39, 0.29) is 60.2 Å². The third kappa shape index (κ3) is 4.53. The fourth-order valence-corrected chi connectivity index (χ4v) is 3.01. The maximum atomic E-state index is 2.32. The van der Waals surface area contributed by atoms with Crippen molar-refractivity contribution in [2.45, 2.75) is 12.8 Å². The number of aryl methyl sites for hydroxylation is 2. The van der Waals surface area contributed by atoms with Gasteiger partial charge in [0.2, 0.25) is 0 Å². The van der Waals surface area contributed by atoms with Crippen LogP contribution in [0.4, 0.5) is 0 Å². The first-order valence-corrected chi connectivity index (χ1v) is 7.17. The molecule has 0 aliphatic rings. The second kappa shape index (κ2) is 9.11. The van der Waals surface area contributed by atoms with Gasteiger partial charge in [0.25, 0.3) is 0 Å². The molecule has 4 aromatic carbocycles. The molecule has 0 aromatic heterocycles. The Morgan fingerprint density at radius 1 is 0.609 bits per heavy atom. The molecular weight excluding hydrogens is 491 g/mol. The molecule has 0 N–H and O–H groups in total. The van der Waals surface area contributed by atoms with Crippen molar-refractivity contribution < 1.29 is 60.2 Å². The van der Waals surface area contributed by atoms with Crippen LogP contribution in [0, 0.1) is 0 Å². The van der Waals surface area contributed by atoms with Crippen molar-refractivity contribution >= 4 is 21.5 Å². The van der Waals surface area contributed by atoms with E-state index in [9.17, 15) is 0 Å². The van der Waals surface area contributed by atoms with Crippen LogP contribution in [0.5, 0.6) is 0 Å². The number of hydrogen-bond acceptors (Lipinski definition) is 0. The number of hydrogen-bond donors (Lipinski definition) is 0. The maximum Gasteiger partial charge on any atom is 4.00 e.